The molecular formula is C33H48O9. The van der Waals surface area contributed by atoms with Crippen molar-refractivity contribution in [2.24, 2.45) is 5.41 Å². The van der Waals surface area contributed by atoms with Crippen molar-refractivity contribution in [3.8, 4) is 0 Å². The minimum Gasteiger partial charge on any atom is -0.466 e. The molecule has 0 radical (unpaired) electrons. The topological polar surface area (TPSA) is 129 Å². The Morgan fingerprint density at radius 2 is 1.86 bits per heavy atom. The molecule has 0 spiro atoms. The lowest BCUT2D eigenvalue weighted by Crippen LogP contribution is -2.62. The number of aliphatic hydroxyl groups is 2. The van der Waals surface area contributed by atoms with Crippen molar-refractivity contribution in [1.29, 1.82) is 0 Å². The van der Waals surface area contributed by atoms with Gasteiger partial charge in [0, 0.05) is 24.3 Å². The fourth-order valence-corrected chi connectivity index (χ4v) is 4.94. The predicted molar refractivity (Wildman–Crippen MR) is 158 cm³/mol. The van der Waals surface area contributed by atoms with Gasteiger partial charge in [-0.05, 0) is 37.0 Å². The monoisotopic (exact) mass is 588 g/mol. The van der Waals surface area contributed by atoms with Gasteiger partial charge in [0.1, 0.15) is 6.29 Å². The van der Waals surface area contributed by atoms with Gasteiger partial charge in [-0.3, -0.25) is 9.59 Å². The van der Waals surface area contributed by atoms with Gasteiger partial charge in [0.2, 0.25) is 5.79 Å². The summed E-state index contributed by atoms with van der Waals surface area (Å²) in [6.07, 6.45) is 5.74. The molecule has 0 amide bonds. The normalized spacial score (nSPS) is 23.5. The first kappa shape index (κ1) is 35.3. The van der Waals surface area contributed by atoms with Crippen LogP contribution in [0.4, 0.5) is 0 Å². The molecule has 0 unspecified atom stereocenters. The van der Waals surface area contributed by atoms with E-state index in [0.717, 1.165) is 31.2 Å². The second-order valence-electron chi connectivity index (χ2n) is 11.4. The number of allylic oxidation sites excluding steroid dienone is 1. The highest BCUT2D eigenvalue weighted by Crippen LogP contribution is 2.46. The Morgan fingerprint density at radius 3 is 2.50 bits per heavy atom. The smallest absolute Gasteiger partial charge is 0.330 e. The first-order valence-electron chi connectivity index (χ1n) is 14.8. The Balaban J connectivity index is 2.31. The van der Waals surface area contributed by atoms with Gasteiger partial charge in [-0.25, -0.2) is 4.79 Å². The molecule has 5 atom stereocenters. The van der Waals surface area contributed by atoms with Crippen molar-refractivity contribution in [2.75, 3.05) is 7.11 Å². The third kappa shape index (κ3) is 10.5. The molecular weight excluding hydrogens is 540 g/mol. The molecule has 1 heterocycles. The Kier molecular flexibility index (Phi) is 14.6. The molecule has 0 aliphatic carbocycles. The molecule has 2 rings (SSSR count). The summed E-state index contributed by atoms with van der Waals surface area (Å²) in [4.78, 5) is 36.5. The molecule has 2 N–H and O–H groups in total. The van der Waals surface area contributed by atoms with Crippen molar-refractivity contribution in [2.45, 2.75) is 116 Å². The number of ether oxygens (including phenoxy) is 4. The molecule has 1 aliphatic heterocycles. The van der Waals surface area contributed by atoms with E-state index in [9.17, 15) is 24.6 Å². The van der Waals surface area contributed by atoms with Crippen LogP contribution in [0.15, 0.2) is 54.1 Å². The molecule has 42 heavy (non-hydrogen) atoms. The van der Waals surface area contributed by atoms with Crippen LogP contribution in [0.5, 0.6) is 0 Å². The molecule has 0 bridgehead atoms. The molecule has 1 aliphatic rings. The predicted octanol–water partition coefficient (Wildman–Crippen LogP) is 4.97. The van der Waals surface area contributed by atoms with E-state index in [0.29, 0.717) is 19.3 Å². The van der Waals surface area contributed by atoms with Gasteiger partial charge < -0.3 is 29.2 Å². The highest BCUT2D eigenvalue weighted by molar-refractivity contribution is 5.83. The zero-order valence-corrected chi connectivity index (χ0v) is 25.6. The average molecular weight is 589 g/mol. The Bertz CT molecular complexity index is 1050. The number of aliphatic hydroxyl groups excluding tert-OH is 1. The van der Waals surface area contributed by atoms with Crippen molar-refractivity contribution in [3.63, 3.8) is 0 Å². The number of aldehydes is 1. The van der Waals surface area contributed by atoms with Gasteiger partial charge in [0.05, 0.1) is 32.0 Å². The van der Waals surface area contributed by atoms with Crippen molar-refractivity contribution < 1.29 is 43.5 Å². The maximum absolute atomic E-state index is 12.9. The Labute approximate surface area is 249 Å². The SMILES string of the molecule is CCCCCCCC(=O)O[C@H]1/C(=C/C(=O)OC)C[C@H](C[C@@H](O)[C@@H](C)OCc2ccccc2)O[C@@]1(O)C(C)(C)/C=C/C=O. The van der Waals surface area contributed by atoms with Crippen LogP contribution in [0.1, 0.15) is 84.6 Å². The van der Waals surface area contributed by atoms with E-state index in [1.165, 1.54) is 25.3 Å². The zero-order chi connectivity index (χ0) is 31.2. The van der Waals surface area contributed by atoms with E-state index < -0.39 is 47.6 Å². The fourth-order valence-electron chi connectivity index (χ4n) is 4.94. The molecule has 0 saturated carbocycles. The van der Waals surface area contributed by atoms with Gasteiger partial charge in [-0.15, -0.1) is 0 Å². The number of hydrogen-bond acceptors (Lipinski definition) is 9. The molecule has 1 aromatic carbocycles. The van der Waals surface area contributed by atoms with Gasteiger partial charge >= 0.3 is 11.9 Å². The van der Waals surface area contributed by atoms with Gasteiger partial charge in [-0.1, -0.05) is 82.9 Å². The molecule has 0 aromatic heterocycles. The molecule has 1 saturated heterocycles. The maximum atomic E-state index is 12.9. The Hall–Kier alpha value is -2.85. The molecule has 1 aromatic rings. The summed E-state index contributed by atoms with van der Waals surface area (Å²) in [6.45, 7) is 7.44. The van der Waals surface area contributed by atoms with Crippen LogP contribution in [0.2, 0.25) is 0 Å². The van der Waals surface area contributed by atoms with E-state index in [2.05, 4.69) is 6.92 Å². The number of carbonyl (C=O) groups excluding carboxylic acids is 3. The number of carbonyl (C=O) groups is 3. The molecule has 9 nitrogen and oxygen atoms in total. The van der Waals surface area contributed by atoms with E-state index in [4.69, 9.17) is 18.9 Å². The summed E-state index contributed by atoms with van der Waals surface area (Å²) in [5.41, 5.74) is -0.00623. The summed E-state index contributed by atoms with van der Waals surface area (Å²) < 4.78 is 22.8. The van der Waals surface area contributed by atoms with Crippen LogP contribution >= 0.6 is 0 Å². The highest BCUT2D eigenvalue weighted by Gasteiger charge is 2.57. The summed E-state index contributed by atoms with van der Waals surface area (Å²) in [6, 6.07) is 9.57. The lowest BCUT2D eigenvalue weighted by molar-refractivity contribution is -0.327. The van der Waals surface area contributed by atoms with E-state index in [-0.39, 0.29) is 24.8 Å². The largest absolute Gasteiger partial charge is 0.466 e. The van der Waals surface area contributed by atoms with Crippen LogP contribution in [-0.2, 0) is 39.9 Å². The van der Waals surface area contributed by atoms with Crippen LogP contribution < -0.4 is 0 Å². The zero-order valence-electron chi connectivity index (χ0n) is 25.6. The van der Waals surface area contributed by atoms with Gasteiger partial charge in [0.15, 0.2) is 6.10 Å². The van der Waals surface area contributed by atoms with Crippen LogP contribution in [0.25, 0.3) is 0 Å². The number of hydrogen-bond donors (Lipinski definition) is 2. The quantitative estimate of drug-likeness (QED) is 0.112. The minimum absolute atomic E-state index is 0.0579. The number of benzene rings is 1. The highest BCUT2D eigenvalue weighted by atomic mass is 16.7. The second kappa shape index (κ2) is 17.3. The lowest BCUT2D eigenvalue weighted by Gasteiger charge is -2.50. The van der Waals surface area contributed by atoms with E-state index in [1.54, 1.807) is 20.8 Å². The molecule has 234 valence electrons. The summed E-state index contributed by atoms with van der Waals surface area (Å²) in [7, 11) is 1.23. The van der Waals surface area contributed by atoms with Crippen molar-refractivity contribution in [3.05, 3.63) is 59.7 Å². The second-order valence-corrected chi connectivity index (χ2v) is 11.4. The molecule has 9 heteroatoms. The number of methoxy groups -OCH3 is 1. The number of esters is 2. The van der Waals surface area contributed by atoms with Crippen molar-refractivity contribution in [1.82, 2.24) is 0 Å². The van der Waals surface area contributed by atoms with Crippen LogP contribution in [-0.4, -0.2) is 65.8 Å². The number of unbranched alkanes of at least 4 members (excludes halogenated alkanes) is 4. The molecule has 1 fully saturated rings. The van der Waals surface area contributed by atoms with E-state index in [1.807, 2.05) is 30.3 Å². The first-order chi connectivity index (χ1) is 20.0. The van der Waals surface area contributed by atoms with Gasteiger partial charge in [-0.2, -0.15) is 0 Å². The van der Waals surface area contributed by atoms with E-state index >= 15 is 0 Å². The Morgan fingerprint density at radius 1 is 1.17 bits per heavy atom. The minimum atomic E-state index is -2.18. The summed E-state index contributed by atoms with van der Waals surface area (Å²) >= 11 is 0. The third-order valence-electron chi connectivity index (χ3n) is 7.66. The van der Waals surface area contributed by atoms with Gasteiger partial charge in [0.25, 0.3) is 0 Å². The standard InChI is InChI=1S/C33H48O9/c1-6-7-8-9-13-17-29(36)41-31-26(21-30(37)39-5)20-27(42-33(31,38)32(3,4)18-14-19-34)22-28(35)24(2)40-23-25-15-11-10-12-16-25/h10-12,14-16,18-19,21,24,27-28,31,35,38H,6-9,13,17,20,22-23H2,1-5H3/b18-14+,26-21+/t24-,27-,28-,31+,33-/m1/s1. The lowest BCUT2D eigenvalue weighted by atomic mass is 9.74. The maximum Gasteiger partial charge on any atom is 0.330 e. The summed E-state index contributed by atoms with van der Waals surface area (Å²) in [5, 5.41) is 23.1. The third-order valence-corrected chi connectivity index (χ3v) is 7.66. The number of rotatable bonds is 17. The average Bonchev–Trinajstić information content (AvgIpc) is 2.96. The summed E-state index contributed by atoms with van der Waals surface area (Å²) in [5.74, 6) is -3.40. The fraction of sp³-hybridized carbons (Fsp3) is 0.606. The first-order valence-corrected chi connectivity index (χ1v) is 14.8. The van der Waals surface area contributed by atoms with Crippen LogP contribution in [0.3, 0.4) is 0 Å². The van der Waals surface area contributed by atoms with Crippen molar-refractivity contribution >= 4 is 18.2 Å². The van der Waals surface area contributed by atoms with Crippen LogP contribution in [0, 0.1) is 5.41 Å².